The zero-order valence-corrected chi connectivity index (χ0v) is 25.6. The van der Waals surface area contributed by atoms with Gasteiger partial charge in [-0.3, -0.25) is 0 Å². The Morgan fingerprint density at radius 2 is 1.02 bits per heavy atom. The first-order valence-corrected chi connectivity index (χ1v) is 14.9. The van der Waals surface area contributed by atoms with Crippen LogP contribution in [0.2, 0.25) is 0 Å². The lowest BCUT2D eigenvalue weighted by Crippen LogP contribution is -2.18. The van der Waals surface area contributed by atoms with E-state index >= 15 is 0 Å². The Hall–Kier alpha value is -3.72. The van der Waals surface area contributed by atoms with E-state index in [9.17, 15) is 0 Å². The van der Waals surface area contributed by atoms with Gasteiger partial charge < -0.3 is 13.7 Å². The molecule has 3 aromatic heterocycles. The largest absolute Gasteiger partial charge is 0.345 e. The number of hydrogen-bond acceptors (Lipinski definition) is 0. The van der Waals surface area contributed by atoms with Crippen LogP contribution in [0.5, 0.6) is 0 Å². The van der Waals surface area contributed by atoms with E-state index in [4.69, 9.17) is 0 Å². The van der Waals surface area contributed by atoms with Gasteiger partial charge in [-0.15, -0.1) is 0 Å². The maximum absolute atomic E-state index is 2.61. The summed E-state index contributed by atoms with van der Waals surface area (Å²) in [5.41, 5.74) is 12.2. The molecule has 6 rings (SSSR count). The number of fused-ring (bicyclic) bond motifs is 3. The van der Waals surface area contributed by atoms with E-state index in [0.29, 0.717) is 18.1 Å². The Labute approximate surface area is 239 Å². The number of aryl methyl sites for hydroxylation is 3. The van der Waals surface area contributed by atoms with Gasteiger partial charge in [-0.1, -0.05) is 48.5 Å². The Morgan fingerprint density at radius 1 is 0.525 bits per heavy atom. The third-order valence-corrected chi connectivity index (χ3v) is 8.95. The van der Waals surface area contributed by atoms with E-state index in [0.717, 1.165) is 0 Å². The highest BCUT2D eigenvalue weighted by Gasteiger charge is 2.32. The van der Waals surface area contributed by atoms with Gasteiger partial charge in [-0.25, -0.2) is 0 Å². The first-order valence-electron chi connectivity index (χ1n) is 14.9. The summed E-state index contributed by atoms with van der Waals surface area (Å²) in [4.78, 5) is 0. The molecule has 0 N–H and O–H groups in total. The lowest BCUT2D eigenvalue weighted by molar-refractivity contribution is 0.555. The molecule has 0 unspecified atom stereocenters. The van der Waals surface area contributed by atoms with Gasteiger partial charge in [0.15, 0.2) is 0 Å². The molecule has 6 aromatic rings. The Balaban J connectivity index is 1.79. The highest BCUT2D eigenvalue weighted by atomic mass is 15.1. The smallest absolute Gasteiger partial charge is 0.0652 e. The van der Waals surface area contributed by atoms with Crippen LogP contribution < -0.4 is 0 Å². The molecule has 0 amide bonds. The van der Waals surface area contributed by atoms with Crippen molar-refractivity contribution in [3.05, 3.63) is 107 Å². The molecule has 0 saturated carbocycles. The van der Waals surface area contributed by atoms with Gasteiger partial charge in [-0.05, 0) is 103 Å². The molecule has 40 heavy (non-hydrogen) atoms. The van der Waals surface area contributed by atoms with Crippen molar-refractivity contribution in [3.63, 3.8) is 0 Å². The normalized spacial score (nSPS) is 12.5. The van der Waals surface area contributed by atoms with E-state index in [-0.39, 0.29) is 5.92 Å². The van der Waals surface area contributed by atoms with Crippen LogP contribution in [0.4, 0.5) is 0 Å². The fourth-order valence-electron chi connectivity index (χ4n) is 7.22. The summed E-state index contributed by atoms with van der Waals surface area (Å²) < 4.78 is 7.66. The summed E-state index contributed by atoms with van der Waals surface area (Å²) in [5.74, 6) is 0.0878. The molecule has 3 aromatic carbocycles. The second-order valence-corrected chi connectivity index (χ2v) is 12.5. The average Bonchev–Trinajstić information content (AvgIpc) is 3.53. The summed E-state index contributed by atoms with van der Waals surface area (Å²) in [7, 11) is 0. The molecule has 206 valence electrons. The minimum absolute atomic E-state index is 0.0878. The number of para-hydroxylation sites is 2. The van der Waals surface area contributed by atoms with Crippen LogP contribution in [0.15, 0.2) is 72.9 Å². The molecule has 3 nitrogen and oxygen atoms in total. The SMILES string of the molecule is Cc1cn(C(C)C)c2cc(C(c3c(C)c4ccccc4n3C(C)C)c3c(C)c4ccccc4n3C(C)C)ccc12. The van der Waals surface area contributed by atoms with Crippen LogP contribution in [0.3, 0.4) is 0 Å². The summed E-state index contributed by atoms with van der Waals surface area (Å²) >= 11 is 0. The van der Waals surface area contributed by atoms with Crippen LogP contribution in [-0.2, 0) is 0 Å². The molecule has 0 aliphatic carbocycles. The minimum Gasteiger partial charge on any atom is -0.345 e. The molecule has 0 atom stereocenters. The van der Waals surface area contributed by atoms with Crippen LogP contribution in [-0.4, -0.2) is 13.7 Å². The number of hydrogen-bond donors (Lipinski definition) is 0. The third-order valence-electron chi connectivity index (χ3n) is 8.95. The summed E-state index contributed by atoms with van der Waals surface area (Å²) in [6.45, 7) is 20.8. The third kappa shape index (κ3) is 3.85. The molecule has 3 heteroatoms. The maximum Gasteiger partial charge on any atom is 0.0652 e. The summed E-state index contributed by atoms with van der Waals surface area (Å²) in [6, 6.07) is 26.2. The molecule has 0 fully saturated rings. The predicted octanol–water partition coefficient (Wildman–Crippen LogP) is 10.4. The lowest BCUT2D eigenvalue weighted by atomic mass is 9.86. The van der Waals surface area contributed by atoms with E-state index in [2.05, 4.69) is 149 Å². The van der Waals surface area contributed by atoms with Crippen molar-refractivity contribution < 1.29 is 0 Å². The maximum atomic E-state index is 2.61. The van der Waals surface area contributed by atoms with Crippen molar-refractivity contribution >= 4 is 32.7 Å². The van der Waals surface area contributed by atoms with E-state index in [1.54, 1.807) is 0 Å². The van der Waals surface area contributed by atoms with Crippen molar-refractivity contribution in [2.45, 2.75) is 86.4 Å². The number of benzene rings is 3. The van der Waals surface area contributed by atoms with Gasteiger partial charge in [-0.2, -0.15) is 0 Å². The first-order chi connectivity index (χ1) is 19.1. The minimum atomic E-state index is 0.0878. The number of nitrogens with zero attached hydrogens (tertiary/aromatic N) is 3. The number of rotatable bonds is 6. The van der Waals surface area contributed by atoms with Crippen molar-refractivity contribution in [3.8, 4) is 0 Å². The molecular weight excluding hydrogens is 486 g/mol. The van der Waals surface area contributed by atoms with Gasteiger partial charge in [0.05, 0.1) is 5.92 Å². The molecule has 0 aliphatic rings. The monoisotopic (exact) mass is 529 g/mol. The second-order valence-electron chi connectivity index (χ2n) is 12.5. The molecule has 0 bridgehead atoms. The highest BCUT2D eigenvalue weighted by Crippen LogP contribution is 2.45. The Morgan fingerprint density at radius 3 is 1.50 bits per heavy atom. The van der Waals surface area contributed by atoms with Crippen LogP contribution in [0.25, 0.3) is 32.7 Å². The van der Waals surface area contributed by atoms with E-state index in [1.807, 2.05) is 0 Å². The van der Waals surface area contributed by atoms with E-state index < -0.39 is 0 Å². The Kier molecular flexibility index (Phi) is 6.45. The van der Waals surface area contributed by atoms with Gasteiger partial charge in [0.1, 0.15) is 0 Å². The van der Waals surface area contributed by atoms with Crippen molar-refractivity contribution in [2.75, 3.05) is 0 Å². The van der Waals surface area contributed by atoms with Crippen LogP contribution in [0.1, 0.15) is 99.2 Å². The van der Waals surface area contributed by atoms with Gasteiger partial charge in [0, 0.05) is 68.4 Å². The second kappa shape index (κ2) is 9.73. The molecule has 0 aliphatic heterocycles. The van der Waals surface area contributed by atoms with Gasteiger partial charge in [0.25, 0.3) is 0 Å². The van der Waals surface area contributed by atoms with Crippen molar-refractivity contribution in [2.24, 2.45) is 0 Å². The summed E-state index contributed by atoms with van der Waals surface area (Å²) in [6.07, 6.45) is 2.32. The Bertz CT molecular complexity index is 1780. The highest BCUT2D eigenvalue weighted by molar-refractivity contribution is 5.90. The standard InChI is InChI=1S/C37H43N3/c1-22(2)38-21-25(7)29-19-18-28(20-34(29)38)35(36-26(8)30-14-10-12-16-32(30)39(36)23(3)4)37-27(9)31-15-11-13-17-33(31)40(37)24(5)6/h10-24,35H,1-9H3. The zero-order chi connectivity index (χ0) is 28.5. The van der Waals surface area contributed by atoms with E-state index in [1.165, 1.54) is 66.4 Å². The van der Waals surface area contributed by atoms with Crippen LogP contribution >= 0.6 is 0 Å². The topological polar surface area (TPSA) is 14.8 Å². The molecule has 3 heterocycles. The fraction of sp³-hybridized carbons (Fsp3) is 0.351. The molecule has 0 radical (unpaired) electrons. The summed E-state index contributed by atoms with van der Waals surface area (Å²) in [5, 5.41) is 4.05. The quantitative estimate of drug-likeness (QED) is 0.204. The van der Waals surface area contributed by atoms with Crippen molar-refractivity contribution in [1.29, 1.82) is 0 Å². The van der Waals surface area contributed by atoms with Crippen molar-refractivity contribution in [1.82, 2.24) is 13.7 Å². The molecule has 0 spiro atoms. The number of aromatic nitrogens is 3. The average molecular weight is 530 g/mol. The van der Waals surface area contributed by atoms with Gasteiger partial charge >= 0.3 is 0 Å². The predicted molar refractivity (Wildman–Crippen MR) is 172 cm³/mol. The van der Waals surface area contributed by atoms with Gasteiger partial charge in [0.2, 0.25) is 0 Å². The molecular formula is C37H43N3. The molecule has 0 saturated heterocycles. The van der Waals surface area contributed by atoms with Crippen LogP contribution in [0, 0.1) is 20.8 Å². The fourth-order valence-corrected chi connectivity index (χ4v) is 7.22. The zero-order valence-electron chi connectivity index (χ0n) is 25.6. The first kappa shape index (κ1) is 26.5. The lowest BCUT2D eigenvalue weighted by Gasteiger charge is -2.28.